The molecule has 1 rings (SSSR count). The van der Waals surface area contributed by atoms with Crippen LogP contribution in [-0.2, 0) is 0 Å². The molecule has 0 N–H and O–H groups in total. The zero-order chi connectivity index (χ0) is 4.24. The minimum Gasteiger partial charge on any atom is 0 e. The van der Waals surface area contributed by atoms with Crippen molar-refractivity contribution in [2.75, 3.05) is 0 Å². The third-order valence-corrected chi connectivity index (χ3v) is 3.24. The Morgan fingerprint density at radius 2 is 1.86 bits per heavy atom. The van der Waals surface area contributed by atoms with Crippen molar-refractivity contribution in [1.29, 1.82) is 0 Å². The van der Waals surface area contributed by atoms with E-state index in [0.29, 0.717) is 0 Å². The van der Waals surface area contributed by atoms with E-state index >= 15 is 0 Å². The summed E-state index contributed by atoms with van der Waals surface area (Å²) in [7, 11) is 0. The topological polar surface area (TPSA) is 0 Å². The largest absolute Gasteiger partial charge is 0 e. The third-order valence-electron chi connectivity index (χ3n) is 0.566. The molecule has 1 aliphatic heterocycles. The smallest absolute Gasteiger partial charge is 0 e. The normalized spacial score (nSPS) is 13.7. The third kappa shape index (κ3) is 3.57. The summed E-state index contributed by atoms with van der Waals surface area (Å²) in [5.41, 5.74) is 0. The molecular weight excluding hydrogens is 293 g/mol. The van der Waals surface area contributed by atoms with E-state index < -0.39 is 0 Å². The fourth-order valence-corrected chi connectivity index (χ4v) is 2.24. The second kappa shape index (κ2) is 5.14. The fourth-order valence-electron chi connectivity index (χ4n) is 0.313. The quantitative estimate of drug-likeness (QED) is 0.560. The summed E-state index contributed by atoms with van der Waals surface area (Å²) in [6.45, 7) is 0. The van der Waals surface area contributed by atoms with Crippen molar-refractivity contribution in [3.63, 3.8) is 0 Å². The summed E-state index contributed by atoms with van der Waals surface area (Å²) in [6, 6.07) is 0. The Labute approximate surface area is 70.9 Å². The second-order valence-electron chi connectivity index (χ2n) is 1.02. The molecule has 0 nitrogen and oxygen atoms in total. The van der Waals surface area contributed by atoms with Crippen LogP contribution in [-0.4, -0.2) is 49.5 Å². The maximum absolute atomic E-state index is 2.31. The van der Waals surface area contributed by atoms with Crippen LogP contribution in [0.25, 0.3) is 0 Å². The molecule has 2 heteroatoms. The van der Waals surface area contributed by atoms with E-state index in [4.69, 9.17) is 0 Å². The molecule has 2 radical (unpaired) electrons. The van der Waals surface area contributed by atoms with Gasteiger partial charge in [0.2, 0.25) is 0 Å². The van der Waals surface area contributed by atoms with Gasteiger partial charge in [-0.1, -0.05) is 0 Å². The van der Waals surface area contributed by atoms with Crippen LogP contribution in [0.15, 0.2) is 22.0 Å². The van der Waals surface area contributed by atoms with Gasteiger partial charge in [0, 0.05) is 23.1 Å². The van der Waals surface area contributed by atoms with Crippen LogP contribution in [0.4, 0.5) is 0 Å². The van der Waals surface area contributed by atoms with E-state index in [1.54, 1.807) is 0 Å². The first kappa shape index (κ1) is 8.00. The van der Waals surface area contributed by atoms with Crippen molar-refractivity contribution in [3.8, 4) is 0 Å². The van der Waals surface area contributed by atoms with Crippen molar-refractivity contribution in [1.82, 2.24) is 0 Å². The van der Waals surface area contributed by atoms with Crippen LogP contribution in [0, 0.1) is 0 Å². The standard InChI is InChI=1S/C5H5.Bi.Mg/c1-3-5-4-2;;/h1-5H;;. The van der Waals surface area contributed by atoms with Crippen molar-refractivity contribution in [3.05, 3.63) is 22.0 Å². The van der Waals surface area contributed by atoms with Gasteiger partial charge in [0.15, 0.2) is 0 Å². The molecule has 0 aliphatic carbocycles. The van der Waals surface area contributed by atoms with E-state index in [1.165, 1.54) is 0 Å². The molecule has 0 bridgehead atoms. The molecule has 0 unspecified atom stereocenters. The fraction of sp³-hybridized carbons (Fsp3) is 0. The molecule has 0 fully saturated rings. The molecule has 0 saturated heterocycles. The Morgan fingerprint density at radius 3 is 2.00 bits per heavy atom. The van der Waals surface area contributed by atoms with Crippen molar-refractivity contribution < 1.29 is 0 Å². The van der Waals surface area contributed by atoms with Gasteiger partial charge in [0.1, 0.15) is 0 Å². The zero-order valence-corrected chi connectivity index (χ0v) is 8.93. The number of allylic oxidation sites excluding steroid dienone is 3. The van der Waals surface area contributed by atoms with Gasteiger partial charge in [-0.15, -0.1) is 0 Å². The summed E-state index contributed by atoms with van der Waals surface area (Å²) >= 11 is -0.181. The Morgan fingerprint density at radius 1 is 1.00 bits per heavy atom. The Bertz CT molecular complexity index is 77.5. The summed E-state index contributed by atoms with van der Waals surface area (Å²) in [6.07, 6.45) is 6.35. The van der Waals surface area contributed by atoms with Crippen molar-refractivity contribution in [2.45, 2.75) is 0 Å². The van der Waals surface area contributed by atoms with E-state index in [9.17, 15) is 0 Å². The number of hydrogen-bond acceptors (Lipinski definition) is 0. The Balaban J connectivity index is 0.000000360. The van der Waals surface area contributed by atoms with Crippen LogP contribution >= 0.6 is 0 Å². The molecule has 1 aliphatic rings. The van der Waals surface area contributed by atoms with Gasteiger partial charge in [-0.05, 0) is 0 Å². The molecule has 32 valence electrons. The Kier molecular flexibility index (Phi) is 5.88. The molecule has 7 heavy (non-hydrogen) atoms. The van der Waals surface area contributed by atoms with Gasteiger partial charge >= 0.3 is 48.5 Å². The zero-order valence-electron chi connectivity index (χ0n) is 4.04. The first-order valence-electron chi connectivity index (χ1n) is 1.85. The van der Waals surface area contributed by atoms with Crippen molar-refractivity contribution in [2.24, 2.45) is 0 Å². The van der Waals surface area contributed by atoms with Crippen LogP contribution < -0.4 is 0 Å². The molecule has 0 atom stereocenters. The molecule has 0 aromatic carbocycles. The van der Waals surface area contributed by atoms with Gasteiger partial charge in [-0.25, -0.2) is 0 Å². The first-order valence-corrected chi connectivity index (χ1v) is 5.86. The van der Waals surface area contributed by atoms with Crippen LogP contribution in [0.1, 0.15) is 0 Å². The average Bonchev–Trinajstić information content (AvgIpc) is 1.72. The predicted octanol–water partition coefficient (Wildman–Crippen LogP) is 0.195. The van der Waals surface area contributed by atoms with Gasteiger partial charge in [-0.3, -0.25) is 0 Å². The maximum Gasteiger partial charge on any atom is 0 e. The predicted molar refractivity (Wildman–Crippen MR) is 35.9 cm³/mol. The molecule has 0 aromatic heterocycles. The molecule has 0 saturated carbocycles. The molecule has 0 aromatic rings. The van der Waals surface area contributed by atoms with Crippen LogP contribution in [0.3, 0.4) is 0 Å². The van der Waals surface area contributed by atoms with Gasteiger partial charge < -0.3 is 0 Å². The molecule has 1 heterocycles. The Hall–Kier alpha value is 0.999. The maximum atomic E-state index is 2.31. The molecule has 0 amide bonds. The number of hydrogen-bond donors (Lipinski definition) is 0. The van der Waals surface area contributed by atoms with Crippen LogP contribution in [0.2, 0.25) is 0 Å². The van der Waals surface area contributed by atoms with Crippen LogP contribution in [0.5, 0.6) is 0 Å². The van der Waals surface area contributed by atoms with E-state index in [0.717, 1.165) is 0 Å². The van der Waals surface area contributed by atoms with E-state index in [2.05, 4.69) is 25.7 Å². The van der Waals surface area contributed by atoms with Gasteiger partial charge in [0.25, 0.3) is 0 Å². The molecule has 0 spiro atoms. The average molecular weight is 298 g/mol. The van der Waals surface area contributed by atoms with E-state index in [-0.39, 0.29) is 45.8 Å². The summed E-state index contributed by atoms with van der Waals surface area (Å²) in [4.78, 5) is 0. The summed E-state index contributed by atoms with van der Waals surface area (Å²) < 4.78 is 4.61. The number of rotatable bonds is 0. The monoisotopic (exact) mass is 298 g/mol. The minimum atomic E-state index is -0.181. The second-order valence-corrected chi connectivity index (χ2v) is 4.50. The SMILES string of the molecule is C1=C[CH]=[Bi][CH]=C1.[Mg]. The molecular formula is C5H5BiMg. The van der Waals surface area contributed by atoms with Gasteiger partial charge in [0.05, 0.1) is 0 Å². The summed E-state index contributed by atoms with van der Waals surface area (Å²) in [5.74, 6) is 0. The summed E-state index contributed by atoms with van der Waals surface area (Å²) in [5, 5.41) is 0. The first-order chi connectivity index (χ1) is 3.00. The van der Waals surface area contributed by atoms with Crippen molar-refractivity contribution >= 4 is 49.5 Å². The minimum absolute atomic E-state index is 0. The van der Waals surface area contributed by atoms with Gasteiger partial charge in [-0.2, -0.15) is 0 Å². The van der Waals surface area contributed by atoms with E-state index in [1.807, 2.05) is 0 Å².